The number of methoxy groups -OCH3 is 1. The number of hydrogen-bond acceptors (Lipinski definition) is 4. The Balaban J connectivity index is 1.83. The molecular weight excluding hydrogens is 294 g/mol. The lowest BCUT2D eigenvalue weighted by Crippen LogP contribution is -2.44. The van der Waals surface area contributed by atoms with E-state index < -0.39 is 6.04 Å². The van der Waals surface area contributed by atoms with Crippen molar-refractivity contribution < 1.29 is 14.3 Å². The number of amides is 2. The van der Waals surface area contributed by atoms with Gasteiger partial charge in [0.15, 0.2) is 0 Å². The topological polar surface area (TPSA) is 80.3 Å². The fourth-order valence-electron chi connectivity index (χ4n) is 1.91. The lowest BCUT2D eigenvalue weighted by atomic mass is 10.2. The molecule has 0 spiro atoms. The molecule has 2 aromatic rings. The number of rotatable bonds is 6. The van der Waals surface area contributed by atoms with E-state index in [4.69, 9.17) is 4.74 Å². The number of nitrogens with zero attached hydrogens (tertiary/aromatic N) is 1. The predicted molar refractivity (Wildman–Crippen MR) is 86.0 cm³/mol. The molecule has 120 valence electrons. The molecule has 0 unspecified atom stereocenters. The second-order valence-electron chi connectivity index (χ2n) is 4.99. The smallest absolute Gasteiger partial charge is 0.251 e. The zero-order chi connectivity index (χ0) is 16.7. The van der Waals surface area contributed by atoms with Gasteiger partial charge in [0.25, 0.3) is 5.91 Å². The van der Waals surface area contributed by atoms with Gasteiger partial charge in [-0.15, -0.1) is 0 Å². The Hall–Kier alpha value is -2.89. The van der Waals surface area contributed by atoms with Gasteiger partial charge < -0.3 is 15.4 Å². The Kier molecular flexibility index (Phi) is 5.68. The Morgan fingerprint density at radius 1 is 1.17 bits per heavy atom. The van der Waals surface area contributed by atoms with Crippen molar-refractivity contribution in [1.82, 2.24) is 15.6 Å². The summed E-state index contributed by atoms with van der Waals surface area (Å²) in [4.78, 5) is 28.1. The van der Waals surface area contributed by atoms with Crippen molar-refractivity contribution in [2.75, 3.05) is 7.11 Å². The molecule has 1 heterocycles. The highest BCUT2D eigenvalue weighted by molar-refractivity contribution is 5.97. The van der Waals surface area contributed by atoms with Crippen LogP contribution in [0.25, 0.3) is 0 Å². The van der Waals surface area contributed by atoms with Gasteiger partial charge in [-0.1, -0.05) is 24.3 Å². The number of benzene rings is 1. The molecule has 0 aliphatic rings. The van der Waals surface area contributed by atoms with Crippen LogP contribution >= 0.6 is 0 Å². The van der Waals surface area contributed by atoms with Crippen LogP contribution < -0.4 is 15.4 Å². The molecule has 1 atom stereocenters. The molecule has 0 fully saturated rings. The number of hydrogen-bond donors (Lipinski definition) is 2. The number of carbonyl (C=O) groups is 2. The summed E-state index contributed by atoms with van der Waals surface area (Å²) in [6.45, 7) is 1.98. The first-order chi connectivity index (χ1) is 11.1. The average molecular weight is 313 g/mol. The monoisotopic (exact) mass is 313 g/mol. The van der Waals surface area contributed by atoms with Crippen LogP contribution in [0.2, 0.25) is 0 Å². The minimum absolute atomic E-state index is 0.259. The van der Waals surface area contributed by atoms with E-state index in [1.54, 1.807) is 50.6 Å². The Labute approximate surface area is 134 Å². The minimum Gasteiger partial charge on any atom is -0.481 e. The van der Waals surface area contributed by atoms with E-state index in [0.29, 0.717) is 18.0 Å². The zero-order valence-corrected chi connectivity index (χ0v) is 13.1. The maximum atomic E-state index is 12.0. The Bertz CT molecular complexity index is 657. The highest BCUT2D eigenvalue weighted by Crippen LogP contribution is 2.06. The first kappa shape index (κ1) is 16.5. The van der Waals surface area contributed by atoms with E-state index in [9.17, 15) is 9.59 Å². The van der Waals surface area contributed by atoms with E-state index in [1.807, 2.05) is 12.1 Å². The molecular formula is C17H19N3O3. The number of nitrogens with one attached hydrogen (secondary N) is 2. The Morgan fingerprint density at radius 2 is 1.91 bits per heavy atom. The van der Waals surface area contributed by atoms with E-state index in [1.165, 1.54) is 0 Å². The summed E-state index contributed by atoms with van der Waals surface area (Å²) in [7, 11) is 1.54. The molecule has 1 aromatic carbocycles. The standard InChI is InChI=1S/C17H19N3O3/c1-12(20-17(22)14-6-4-3-5-7-14)16(21)19-11-13-8-9-15(23-2)18-10-13/h3-10,12H,11H2,1-2H3,(H,19,21)(H,20,22)/t12-/m0/s1. The van der Waals surface area contributed by atoms with Crippen LogP contribution in [0.1, 0.15) is 22.8 Å². The van der Waals surface area contributed by atoms with Gasteiger partial charge in [-0.2, -0.15) is 0 Å². The molecule has 2 amide bonds. The van der Waals surface area contributed by atoms with Crippen LogP contribution in [0.5, 0.6) is 5.88 Å². The summed E-state index contributed by atoms with van der Waals surface area (Å²) >= 11 is 0. The van der Waals surface area contributed by atoms with E-state index in [-0.39, 0.29) is 11.8 Å². The van der Waals surface area contributed by atoms with E-state index in [0.717, 1.165) is 5.56 Å². The molecule has 0 aliphatic heterocycles. The maximum absolute atomic E-state index is 12.0. The zero-order valence-electron chi connectivity index (χ0n) is 13.1. The van der Waals surface area contributed by atoms with E-state index >= 15 is 0 Å². The van der Waals surface area contributed by atoms with Gasteiger partial charge >= 0.3 is 0 Å². The quantitative estimate of drug-likeness (QED) is 0.847. The first-order valence-electron chi connectivity index (χ1n) is 7.22. The summed E-state index contributed by atoms with van der Waals surface area (Å²) in [5.41, 5.74) is 1.37. The molecule has 0 saturated heterocycles. The van der Waals surface area contributed by atoms with Crippen LogP contribution in [0.4, 0.5) is 0 Å². The highest BCUT2D eigenvalue weighted by Gasteiger charge is 2.16. The molecule has 0 radical (unpaired) electrons. The third kappa shape index (κ3) is 4.81. The fourth-order valence-corrected chi connectivity index (χ4v) is 1.91. The summed E-state index contributed by atoms with van der Waals surface area (Å²) in [5, 5.41) is 5.42. The molecule has 23 heavy (non-hydrogen) atoms. The second-order valence-corrected chi connectivity index (χ2v) is 4.99. The normalized spacial score (nSPS) is 11.4. The molecule has 1 aromatic heterocycles. The number of carbonyl (C=O) groups excluding carboxylic acids is 2. The van der Waals surface area contributed by atoms with Crippen molar-refractivity contribution in [1.29, 1.82) is 0 Å². The molecule has 2 N–H and O–H groups in total. The lowest BCUT2D eigenvalue weighted by molar-refractivity contribution is -0.122. The summed E-state index contributed by atoms with van der Waals surface area (Å²) in [6.07, 6.45) is 1.63. The predicted octanol–water partition coefficient (Wildman–Crippen LogP) is 1.52. The third-order valence-corrected chi connectivity index (χ3v) is 3.25. The lowest BCUT2D eigenvalue weighted by Gasteiger charge is -2.14. The molecule has 0 aliphatic carbocycles. The van der Waals surface area contributed by atoms with Crippen molar-refractivity contribution in [3.05, 3.63) is 59.8 Å². The average Bonchev–Trinajstić information content (AvgIpc) is 2.60. The molecule has 2 rings (SSSR count). The van der Waals surface area contributed by atoms with Crippen LogP contribution in [0.3, 0.4) is 0 Å². The number of aromatic nitrogens is 1. The summed E-state index contributed by atoms with van der Waals surface area (Å²) in [6, 6.07) is 11.7. The van der Waals surface area contributed by atoms with Gasteiger partial charge in [0.2, 0.25) is 11.8 Å². The summed E-state index contributed by atoms with van der Waals surface area (Å²) < 4.78 is 4.97. The SMILES string of the molecule is COc1ccc(CNC(=O)[C@H](C)NC(=O)c2ccccc2)cn1. The molecule has 6 nitrogen and oxygen atoms in total. The largest absolute Gasteiger partial charge is 0.481 e. The fraction of sp³-hybridized carbons (Fsp3) is 0.235. The van der Waals surface area contributed by atoms with Crippen LogP contribution in [-0.2, 0) is 11.3 Å². The number of ether oxygens (including phenoxy) is 1. The van der Waals surface area contributed by atoms with Crippen LogP contribution in [0.15, 0.2) is 48.7 Å². The van der Waals surface area contributed by atoms with Crippen LogP contribution in [-0.4, -0.2) is 29.9 Å². The van der Waals surface area contributed by atoms with Gasteiger partial charge in [-0.05, 0) is 24.6 Å². The van der Waals surface area contributed by atoms with Gasteiger partial charge in [0, 0.05) is 24.4 Å². The van der Waals surface area contributed by atoms with Crippen molar-refractivity contribution in [3.63, 3.8) is 0 Å². The third-order valence-electron chi connectivity index (χ3n) is 3.25. The van der Waals surface area contributed by atoms with Crippen molar-refractivity contribution in [2.45, 2.75) is 19.5 Å². The molecule has 6 heteroatoms. The van der Waals surface area contributed by atoms with Crippen molar-refractivity contribution >= 4 is 11.8 Å². The molecule has 0 bridgehead atoms. The second kappa shape index (κ2) is 7.93. The number of pyridine rings is 1. The molecule has 0 saturated carbocycles. The first-order valence-corrected chi connectivity index (χ1v) is 7.22. The van der Waals surface area contributed by atoms with Gasteiger partial charge in [0.1, 0.15) is 6.04 Å². The van der Waals surface area contributed by atoms with Gasteiger partial charge in [-0.25, -0.2) is 4.98 Å². The van der Waals surface area contributed by atoms with Crippen molar-refractivity contribution in [2.24, 2.45) is 0 Å². The maximum Gasteiger partial charge on any atom is 0.251 e. The Morgan fingerprint density at radius 3 is 2.52 bits per heavy atom. The highest BCUT2D eigenvalue weighted by atomic mass is 16.5. The van der Waals surface area contributed by atoms with Gasteiger partial charge in [-0.3, -0.25) is 9.59 Å². The summed E-state index contributed by atoms with van der Waals surface area (Å²) in [5.74, 6) is -0.0203. The van der Waals surface area contributed by atoms with E-state index in [2.05, 4.69) is 15.6 Å². The van der Waals surface area contributed by atoms with Gasteiger partial charge in [0.05, 0.1) is 7.11 Å². The van der Waals surface area contributed by atoms with Crippen LogP contribution in [0, 0.1) is 0 Å². The minimum atomic E-state index is -0.631. The van der Waals surface area contributed by atoms with Crippen molar-refractivity contribution in [3.8, 4) is 5.88 Å².